The van der Waals surface area contributed by atoms with Crippen LogP contribution in [0.4, 0.5) is 17.3 Å². The SMILES string of the molecule is CNc1cc(Nc2cccnc2OC2CCC2)nc2c(C(=O)NC3CC3)cnn12. The number of anilines is 3. The van der Waals surface area contributed by atoms with Gasteiger partial charge < -0.3 is 20.7 Å². The second-order valence-electron chi connectivity index (χ2n) is 7.47. The molecule has 2 fully saturated rings. The van der Waals surface area contributed by atoms with Gasteiger partial charge in [0.15, 0.2) is 5.65 Å². The van der Waals surface area contributed by atoms with Crippen LogP contribution in [0.15, 0.2) is 30.6 Å². The van der Waals surface area contributed by atoms with E-state index in [1.54, 1.807) is 24.0 Å². The molecule has 0 aliphatic heterocycles. The molecule has 9 nitrogen and oxygen atoms in total. The van der Waals surface area contributed by atoms with Crippen molar-refractivity contribution in [3.8, 4) is 5.88 Å². The number of nitrogens with zero attached hydrogens (tertiary/aromatic N) is 4. The minimum Gasteiger partial charge on any atom is -0.473 e. The Hall–Kier alpha value is -3.36. The molecular weight excluding hydrogens is 370 g/mol. The van der Waals surface area contributed by atoms with Gasteiger partial charge in [-0.2, -0.15) is 9.61 Å². The number of hydrogen-bond donors (Lipinski definition) is 3. The maximum atomic E-state index is 12.6. The summed E-state index contributed by atoms with van der Waals surface area (Å²) in [6, 6.07) is 5.86. The van der Waals surface area contributed by atoms with Gasteiger partial charge in [0.25, 0.3) is 5.91 Å². The molecule has 29 heavy (non-hydrogen) atoms. The Morgan fingerprint density at radius 1 is 1.28 bits per heavy atom. The Kier molecular flexibility index (Phi) is 4.42. The van der Waals surface area contributed by atoms with E-state index in [0.717, 1.165) is 31.4 Å². The van der Waals surface area contributed by atoms with Crippen LogP contribution in [0.1, 0.15) is 42.5 Å². The predicted molar refractivity (Wildman–Crippen MR) is 109 cm³/mol. The summed E-state index contributed by atoms with van der Waals surface area (Å²) in [6.07, 6.45) is 8.85. The second-order valence-corrected chi connectivity index (χ2v) is 7.47. The van der Waals surface area contributed by atoms with E-state index in [1.165, 1.54) is 6.42 Å². The fourth-order valence-corrected chi connectivity index (χ4v) is 3.22. The normalized spacial score (nSPS) is 16.3. The number of nitrogens with one attached hydrogen (secondary N) is 3. The monoisotopic (exact) mass is 393 g/mol. The van der Waals surface area contributed by atoms with Crippen LogP contribution in [0.5, 0.6) is 5.88 Å². The summed E-state index contributed by atoms with van der Waals surface area (Å²) in [7, 11) is 1.80. The predicted octanol–water partition coefficient (Wildman–Crippen LogP) is 2.73. The summed E-state index contributed by atoms with van der Waals surface area (Å²) >= 11 is 0. The third-order valence-electron chi connectivity index (χ3n) is 5.25. The van der Waals surface area contributed by atoms with Crippen molar-refractivity contribution in [3.05, 3.63) is 36.2 Å². The van der Waals surface area contributed by atoms with Gasteiger partial charge in [0.1, 0.15) is 29.0 Å². The summed E-state index contributed by atoms with van der Waals surface area (Å²) in [5, 5.41) is 13.7. The molecule has 3 aromatic rings. The van der Waals surface area contributed by atoms with Crippen molar-refractivity contribution in [1.29, 1.82) is 0 Å². The summed E-state index contributed by atoms with van der Waals surface area (Å²) < 4.78 is 7.62. The maximum absolute atomic E-state index is 12.6. The van der Waals surface area contributed by atoms with Gasteiger partial charge in [-0.05, 0) is 44.2 Å². The molecule has 150 valence electrons. The number of ether oxygens (including phenoxy) is 1. The van der Waals surface area contributed by atoms with Crippen molar-refractivity contribution in [1.82, 2.24) is 24.9 Å². The van der Waals surface area contributed by atoms with Gasteiger partial charge in [-0.15, -0.1) is 0 Å². The molecule has 2 saturated carbocycles. The molecule has 0 radical (unpaired) electrons. The standard InChI is InChI=1S/C20H23N7O2/c1-21-17-10-16(25-15-6-3-9-22-20(15)29-13-4-2-5-13)26-18-14(11-23-27(17)18)19(28)24-12-7-8-12/h3,6,9-13,21H,2,4-5,7-8H2,1H3,(H,24,28)(H,25,26). The van der Waals surface area contributed by atoms with Crippen molar-refractivity contribution >= 4 is 28.9 Å². The molecule has 9 heteroatoms. The quantitative estimate of drug-likeness (QED) is 0.567. The topological polar surface area (TPSA) is 105 Å². The van der Waals surface area contributed by atoms with E-state index < -0.39 is 0 Å². The zero-order valence-electron chi connectivity index (χ0n) is 16.2. The largest absolute Gasteiger partial charge is 0.473 e. The molecule has 1 amide bonds. The van der Waals surface area contributed by atoms with Gasteiger partial charge in [0, 0.05) is 25.4 Å². The van der Waals surface area contributed by atoms with E-state index >= 15 is 0 Å². The summed E-state index contributed by atoms with van der Waals surface area (Å²) in [5.41, 5.74) is 1.68. The van der Waals surface area contributed by atoms with Crippen molar-refractivity contribution in [2.24, 2.45) is 0 Å². The molecular formula is C20H23N7O2. The summed E-state index contributed by atoms with van der Waals surface area (Å²) in [4.78, 5) is 21.6. The lowest BCUT2D eigenvalue weighted by molar-refractivity contribution is 0.0952. The van der Waals surface area contributed by atoms with Crippen LogP contribution in [0.25, 0.3) is 5.65 Å². The van der Waals surface area contributed by atoms with Gasteiger partial charge in [0.2, 0.25) is 5.88 Å². The van der Waals surface area contributed by atoms with E-state index in [4.69, 9.17) is 4.74 Å². The van der Waals surface area contributed by atoms with Crippen LogP contribution >= 0.6 is 0 Å². The number of hydrogen-bond acceptors (Lipinski definition) is 7. The highest BCUT2D eigenvalue weighted by Gasteiger charge is 2.26. The van der Waals surface area contributed by atoms with Crippen molar-refractivity contribution in [2.75, 3.05) is 17.7 Å². The highest BCUT2D eigenvalue weighted by molar-refractivity contribution is 6.00. The molecule has 5 rings (SSSR count). The molecule has 0 saturated heterocycles. The van der Waals surface area contributed by atoms with Crippen LogP contribution in [0, 0.1) is 0 Å². The van der Waals surface area contributed by atoms with Gasteiger partial charge in [-0.1, -0.05) is 0 Å². The Morgan fingerprint density at radius 3 is 2.86 bits per heavy atom. The number of carbonyl (C=O) groups is 1. The van der Waals surface area contributed by atoms with Gasteiger partial charge in [0.05, 0.1) is 6.20 Å². The summed E-state index contributed by atoms with van der Waals surface area (Å²) in [6.45, 7) is 0. The lowest BCUT2D eigenvalue weighted by Crippen LogP contribution is -2.25. The van der Waals surface area contributed by atoms with E-state index in [0.29, 0.717) is 28.7 Å². The third kappa shape index (κ3) is 3.55. The molecule has 2 aliphatic carbocycles. The zero-order chi connectivity index (χ0) is 19.8. The average Bonchev–Trinajstić information content (AvgIpc) is 3.40. The fraction of sp³-hybridized carbons (Fsp3) is 0.400. The lowest BCUT2D eigenvalue weighted by atomic mass is 9.96. The molecule has 0 aromatic carbocycles. The number of carbonyl (C=O) groups excluding carboxylic acids is 1. The first-order chi connectivity index (χ1) is 14.2. The van der Waals surface area contributed by atoms with Crippen LogP contribution in [-0.2, 0) is 0 Å². The van der Waals surface area contributed by atoms with Crippen LogP contribution in [0.3, 0.4) is 0 Å². The number of amides is 1. The molecule has 0 bridgehead atoms. The van der Waals surface area contributed by atoms with Crippen molar-refractivity contribution in [3.63, 3.8) is 0 Å². The van der Waals surface area contributed by atoms with E-state index in [2.05, 4.69) is 31.0 Å². The average molecular weight is 393 g/mol. The van der Waals surface area contributed by atoms with E-state index in [9.17, 15) is 4.79 Å². The zero-order valence-corrected chi connectivity index (χ0v) is 16.2. The second kappa shape index (κ2) is 7.23. The molecule has 0 spiro atoms. The van der Waals surface area contributed by atoms with Crippen LogP contribution < -0.4 is 20.7 Å². The Labute approximate surface area is 167 Å². The first-order valence-electron chi connectivity index (χ1n) is 9.97. The minimum atomic E-state index is -0.149. The molecule has 3 aromatic heterocycles. The van der Waals surface area contributed by atoms with Gasteiger partial charge in [-0.3, -0.25) is 4.79 Å². The van der Waals surface area contributed by atoms with E-state index in [-0.39, 0.29) is 18.1 Å². The molecule has 0 atom stereocenters. The summed E-state index contributed by atoms with van der Waals surface area (Å²) in [5.74, 6) is 1.71. The first kappa shape index (κ1) is 17.7. The lowest BCUT2D eigenvalue weighted by Gasteiger charge is -2.26. The van der Waals surface area contributed by atoms with E-state index in [1.807, 2.05) is 18.2 Å². The molecule has 3 N–H and O–H groups in total. The minimum absolute atomic E-state index is 0.149. The van der Waals surface area contributed by atoms with Crippen LogP contribution in [-0.4, -0.2) is 44.7 Å². The Balaban J connectivity index is 1.47. The van der Waals surface area contributed by atoms with Gasteiger partial charge in [-0.25, -0.2) is 9.97 Å². The number of pyridine rings is 1. The Morgan fingerprint density at radius 2 is 2.14 bits per heavy atom. The molecule has 0 unspecified atom stereocenters. The highest BCUT2D eigenvalue weighted by Crippen LogP contribution is 2.31. The Bertz CT molecular complexity index is 1060. The molecule has 2 aliphatic rings. The number of rotatable bonds is 7. The van der Waals surface area contributed by atoms with Crippen molar-refractivity contribution < 1.29 is 9.53 Å². The molecule has 3 heterocycles. The third-order valence-corrected chi connectivity index (χ3v) is 5.25. The first-order valence-corrected chi connectivity index (χ1v) is 9.97. The van der Waals surface area contributed by atoms with Crippen LogP contribution in [0.2, 0.25) is 0 Å². The highest BCUT2D eigenvalue weighted by atomic mass is 16.5. The number of fused-ring (bicyclic) bond motifs is 1. The maximum Gasteiger partial charge on any atom is 0.256 e. The van der Waals surface area contributed by atoms with Gasteiger partial charge >= 0.3 is 0 Å². The number of aromatic nitrogens is 4. The smallest absolute Gasteiger partial charge is 0.256 e. The fourth-order valence-electron chi connectivity index (χ4n) is 3.22. The van der Waals surface area contributed by atoms with Crippen molar-refractivity contribution in [2.45, 2.75) is 44.2 Å².